The topological polar surface area (TPSA) is 66.7 Å². The predicted molar refractivity (Wildman–Crippen MR) is 116 cm³/mol. The van der Waals surface area contributed by atoms with E-state index in [1.807, 2.05) is 48.8 Å². The number of hydrogen-bond acceptors (Lipinski definition) is 3. The monoisotopic (exact) mass is 442 g/mol. The Morgan fingerprint density at radius 2 is 2.13 bits per heavy atom. The minimum atomic E-state index is -0.600. The highest BCUT2D eigenvalue weighted by atomic mass is 35.5. The molecule has 0 aliphatic carbocycles. The number of aromatic nitrogens is 2. The third-order valence-corrected chi connectivity index (χ3v) is 5.94. The summed E-state index contributed by atoms with van der Waals surface area (Å²) in [6.45, 7) is 4.18. The number of likely N-dealkylation sites (tertiary alicyclic amines) is 1. The standard InChI is InChI=1S/C23H24ClFN4O2/c1-14(2)29-21(30)12-17(22(29)15-6-7-18(24)19(25)11-15)23(31)26-9-8-16-13-28-10-4-3-5-20(28)27-16/h3-7,10-11,13-14,17,22H,8-9,12H2,1-2H3,(H,26,31). The molecular weight excluding hydrogens is 419 g/mol. The maximum Gasteiger partial charge on any atom is 0.226 e. The zero-order valence-corrected chi connectivity index (χ0v) is 18.1. The van der Waals surface area contributed by atoms with Gasteiger partial charge in [0.05, 0.1) is 22.7 Å². The van der Waals surface area contributed by atoms with Crippen molar-refractivity contribution in [3.63, 3.8) is 0 Å². The Balaban J connectivity index is 1.49. The number of imidazole rings is 1. The number of carbonyl (C=O) groups excluding carboxylic acids is 2. The molecule has 2 aromatic heterocycles. The van der Waals surface area contributed by atoms with Crippen LogP contribution in [0.4, 0.5) is 4.39 Å². The summed E-state index contributed by atoms with van der Waals surface area (Å²) in [5, 5.41) is 2.95. The van der Waals surface area contributed by atoms with E-state index in [2.05, 4.69) is 10.3 Å². The molecule has 162 valence electrons. The molecule has 1 saturated heterocycles. The van der Waals surface area contributed by atoms with E-state index in [-0.39, 0.29) is 29.3 Å². The fraction of sp³-hybridized carbons (Fsp3) is 0.348. The van der Waals surface area contributed by atoms with Crippen LogP contribution in [0.1, 0.15) is 37.6 Å². The lowest BCUT2D eigenvalue weighted by atomic mass is 9.92. The average molecular weight is 443 g/mol. The third-order valence-electron chi connectivity index (χ3n) is 5.64. The van der Waals surface area contributed by atoms with Crippen LogP contribution in [0.2, 0.25) is 5.02 Å². The largest absolute Gasteiger partial charge is 0.355 e. The zero-order valence-electron chi connectivity index (χ0n) is 17.4. The molecule has 2 unspecified atom stereocenters. The van der Waals surface area contributed by atoms with Gasteiger partial charge in [-0.2, -0.15) is 0 Å². The third kappa shape index (κ3) is 4.28. The zero-order chi connectivity index (χ0) is 22.1. The molecule has 8 heteroatoms. The van der Waals surface area contributed by atoms with E-state index in [1.54, 1.807) is 11.0 Å². The molecule has 1 N–H and O–H groups in total. The van der Waals surface area contributed by atoms with E-state index in [0.29, 0.717) is 18.5 Å². The number of rotatable bonds is 6. The lowest BCUT2D eigenvalue weighted by Gasteiger charge is -2.31. The minimum absolute atomic E-state index is 0.0117. The Hall–Kier alpha value is -2.93. The van der Waals surface area contributed by atoms with Crippen LogP contribution >= 0.6 is 11.6 Å². The number of pyridine rings is 1. The molecule has 31 heavy (non-hydrogen) atoms. The molecule has 4 rings (SSSR count). The quantitative estimate of drug-likeness (QED) is 0.631. The first-order chi connectivity index (χ1) is 14.8. The van der Waals surface area contributed by atoms with Gasteiger partial charge in [0, 0.05) is 37.8 Å². The first kappa shape index (κ1) is 21.3. The van der Waals surface area contributed by atoms with Gasteiger partial charge in [-0.05, 0) is 43.7 Å². The van der Waals surface area contributed by atoms with Gasteiger partial charge in [-0.1, -0.05) is 23.7 Å². The number of hydrogen-bond donors (Lipinski definition) is 1. The van der Waals surface area contributed by atoms with Crippen LogP contribution in [-0.4, -0.2) is 38.7 Å². The number of amides is 2. The first-order valence-corrected chi connectivity index (χ1v) is 10.7. The maximum atomic E-state index is 14.1. The molecule has 1 fully saturated rings. The van der Waals surface area contributed by atoms with Gasteiger partial charge in [0.1, 0.15) is 11.5 Å². The van der Waals surface area contributed by atoms with E-state index >= 15 is 0 Å². The number of nitrogens with one attached hydrogen (secondary N) is 1. The van der Waals surface area contributed by atoms with Crippen molar-refractivity contribution >= 4 is 29.1 Å². The molecule has 3 aromatic rings. The predicted octanol–water partition coefficient (Wildman–Crippen LogP) is 3.78. The van der Waals surface area contributed by atoms with E-state index < -0.39 is 17.8 Å². The van der Waals surface area contributed by atoms with Crippen LogP contribution in [0.5, 0.6) is 0 Å². The van der Waals surface area contributed by atoms with Crippen molar-refractivity contribution in [1.29, 1.82) is 0 Å². The van der Waals surface area contributed by atoms with Crippen LogP contribution in [0, 0.1) is 11.7 Å². The Bertz CT molecular complexity index is 1100. The SMILES string of the molecule is CC(C)N1C(=O)CC(C(=O)NCCc2cn3ccccc3n2)C1c1ccc(Cl)c(F)c1. The van der Waals surface area contributed by atoms with Gasteiger partial charge in [-0.15, -0.1) is 0 Å². The highest BCUT2D eigenvalue weighted by Gasteiger charge is 2.45. The van der Waals surface area contributed by atoms with E-state index in [9.17, 15) is 14.0 Å². The molecule has 1 aliphatic rings. The van der Waals surface area contributed by atoms with Crippen molar-refractivity contribution in [3.8, 4) is 0 Å². The van der Waals surface area contributed by atoms with Crippen LogP contribution in [0.25, 0.3) is 5.65 Å². The number of fused-ring (bicyclic) bond motifs is 1. The number of carbonyl (C=O) groups is 2. The Kier molecular flexibility index (Phi) is 5.96. The van der Waals surface area contributed by atoms with Crippen LogP contribution in [0.15, 0.2) is 48.8 Å². The van der Waals surface area contributed by atoms with E-state index in [0.717, 1.165) is 11.3 Å². The Morgan fingerprint density at radius 1 is 1.32 bits per heavy atom. The second kappa shape index (κ2) is 8.67. The molecule has 2 amide bonds. The molecule has 0 bridgehead atoms. The highest BCUT2D eigenvalue weighted by Crippen LogP contribution is 2.40. The normalized spacial score (nSPS) is 18.9. The number of benzene rings is 1. The smallest absolute Gasteiger partial charge is 0.226 e. The molecule has 6 nitrogen and oxygen atoms in total. The summed E-state index contributed by atoms with van der Waals surface area (Å²) >= 11 is 5.83. The van der Waals surface area contributed by atoms with Crippen LogP contribution in [-0.2, 0) is 16.0 Å². The molecule has 1 aliphatic heterocycles. The summed E-state index contributed by atoms with van der Waals surface area (Å²) < 4.78 is 16.0. The van der Waals surface area contributed by atoms with Crippen molar-refractivity contribution in [1.82, 2.24) is 19.6 Å². The average Bonchev–Trinajstić information content (AvgIpc) is 3.30. The van der Waals surface area contributed by atoms with Crippen LogP contribution in [0.3, 0.4) is 0 Å². The molecule has 1 aromatic carbocycles. The summed E-state index contributed by atoms with van der Waals surface area (Å²) in [6.07, 6.45) is 4.51. The van der Waals surface area contributed by atoms with Gasteiger partial charge >= 0.3 is 0 Å². The second-order valence-electron chi connectivity index (χ2n) is 8.06. The van der Waals surface area contributed by atoms with Gasteiger partial charge < -0.3 is 14.6 Å². The Labute approximate surface area is 185 Å². The van der Waals surface area contributed by atoms with Gasteiger partial charge in [-0.25, -0.2) is 9.37 Å². The molecule has 0 radical (unpaired) electrons. The van der Waals surface area contributed by atoms with Crippen molar-refractivity contribution in [3.05, 3.63) is 70.9 Å². The van der Waals surface area contributed by atoms with Crippen molar-refractivity contribution in [2.24, 2.45) is 5.92 Å². The molecule has 3 heterocycles. The summed E-state index contributed by atoms with van der Waals surface area (Å²) in [6, 6.07) is 9.58. The minimum Gasteiger partial charge on any atom is -0.355 e. The molecular formula is C23H24ClFN4O2. The number of halogens is 2. The summed E-state index contributed by atoms with van der Waals surface area (Å²) in [4.78, 5) is 31.9. The Morgan fingerprint density at radius 3 is 2.84 bits per heavy atom. The van der Waals surface area contributed by atoms with Gasteiger partial charge in [0.15, 0.2) is 0 Å². The maximum absolute atomic E-state index is 14.1. The van der Waals surface area contributed by atoms with E-state index in [1.165, 1.54) is 12.1 Å². The summed E-state index contributed by atoms with van der Waals surface area (Å²) in [7, 11) is 0. The van der Waals surface area contributed by atoms with Gasteiger partial charge in [0.25, 0.3) is 0 Å². The van der Waals surface area contributed by atoms with Crippen molar-refractivity contribution in [2.45, 2.75) is 38.8 Å². The molecule has 2 atom stereocenters. The fourth-order valence-corrected chi connectivity index (χ4v) is 4.36. The van der Waals surface area contributed by atoms with Crippen molar-refractivity contribution < 1.29 is 14.0 Å². The fourth-order valence-electron chi connectivity index (χ4n) is 4.24. The summed E-state index contributed by atoms with van der Waals surface area (Å²) in [5.74, 6) is -1.50. The van der Waals surface area contributed by atoms with Gasteiger partial charge in [-0.3, -0.25) is 9.59 Å². The van der Waals surface area contributed by atoms with Crippen LogP contribution < -0.4 is 5.32 Å². The van der Waals surface area contributed by atoms with Gasteiger partial charge in [0.2, 0.25) is 11.8 Å². The highest BCUT2D eigenvalue weighted by molar-refractivity contribution is 6.30. The second-order valence-corrected chi connectivity index (χ2v) is 8.47. The molecule has 0 saturated carbocycles. The first-order valence-electron chi connectivity index (χ1n) is 10.3. The summed E-state index contributed by atoms with van der Waals surface area (Å²) in [5.41, 5.74) is 2.29. The lowest BCUT2D eigenvalue weighted by molar-refractivity contribution is -0.130. The van der Waals surface area contributed by atoms with E-state index in [4.69, 9.17) is 11.6 Å². The number of nitrogens with zero attached hydrogens (tertiary/aromatic N) is 3. The molecule has 0 spiro atoms. The van der Waals surface area contributed by atoms with Crippen molar-refractivity contribution in [2.75, 3.05) is 6.54 Å². The lowest BCUT2D eigenvalue weighted by Crippen LogP contribution is -2.39.